The molecule has 0 atom stereocenters. The minimum Gasteiger partial charge on any atom is -0.348 e. The van der Waals surface area contributed by atoms with Crippen LogP contribution in [0.3, 0.4) is 0 Å². The third-order valence-corrected chi connectivity index (χ3v) is 3.11. The summed E-state index contributed by atoms with van der Waals surface area (Å²) in [6, 6.07) is 0. The maximum absolute atomic E-state index is 4.22. The number of hydrogen-bond acceptors (Lipinski definition) is 3. The first kappa shape index (κ1) is 16.9. The van der Waals surface area contributed by atoms with Crippen LogP contribution in [0.4, 0.5) is 0 Å². The molecule has 0 radical (unpaired) electrons. The highest BCUT2D eigenvalue weighted by atomic mass is 32.1. The zero-order valence-corrected chi connectivity index (χ0v) is 14.3. The van der Waals surface area contributed by atoms with Crippen molar-refractivity contribution in [3.8, 4) is 0 Å². The molecule has 1 N–H and O–H groups in total. The Balaban J connectivity index is 0.000000200. The predicted molar refractivity (Wildman–Crippen MR) is 87.0 cm³/mol. The summed E-state index contributed by atoms with van der Waals surface area (Å²) in [6.45, 7) is 13.3. The summed E-state index contributed by atoms with van der Waals surface area (Å²) in [5.41, 5.74) is 5.05. The van der Waals surface area contributed by atoms with Gasteiger partial charge in [-0.1, -0.05) is 41.5 Å². The van der Waals surface area contributed by atoms with Gasteiger partial charge in [-0.2, -0.15) is 0 Å². The van der Waals surface area contributed by atoms with E-state index >= 15 is 0 Å². The SMILES string of the molecule is CC(C)(C)Cc1cnc[nH]1.CC(C)(C)Cc1cscn1. The number of nitrogens with zero attached hydrogens (tertiary/aromatic N) is 2. The van der Waals surface area contributed by atoms with Crippen molar-refractivity contribution in [2.45, 2.75) is 54.4 Å². The first-order valence-electron chi connectivity index (χ1n) is 7.00. The highest BCUT2D eigenvalue weighted by molar-refractivity contribution is 7.07. The quantitative estimate of drug-likeness (QED) is 0.869. The maximum atomic E-state index is 4.22. The normalized spacial score (nSPS) is 11.9. The molecule has 0 bridgehead atoms. The molecule has 2 rings (SSSR count). The average molecular weight is 293 g/mol. The molecule has 0 saturated carbocycles. The first-order chi connectivity index (χ1) is 9.16. The van der Waals surface area contributed by atoms with E-state index in [9.17, 15) is 0 Å². The molecule has 0 spiro atoms. The number of rotatable bonds is 2. The van der Waals surface area contributed by atoms with Crippen molar-refractivity contribution in [3.05, 3.63) is 34.8 Å². The van der Waals surface area contributed by atoms with Crippen LogP contribution < -0.4 is 0 Å². The third kappa shape index (κ3) is 8.10. The van der Waals surface area contributed by atoms with Gasteiger partial charge in [0.25, 0.3) is 0 Å². The van der Waals surface area contributed by atoms with Crippen molar-refractivity contribution in [3.63, 3.8) is 0 Å². The van der Waals surface area contributed by atoms with Gasteiger partial charge in [-0.25, -0.2) is 9.97 Å². The third-order valence-electron chi connectivity index (χ3n) is 2.47. The lowest BCUT2D eigenvalue weighted by molar-refractivity contribution is 0.406. The Labute approximate surface area is 126 Å². The van der Waals surface area contributed by atoms with Crippen LogP contribution in [-0.2, 0) is 12.8 Å². The molecule has 0 unspecified atom stereocenters. The molecular formula is C16H27N3S. The molecule has 20 heavy (non-hydrogen) atoms. The Hall–Kier alpha value is -1.16. The first-order valence-corrected chi connectivity index (χ1v) is 7.94. The van der Waals surface area contributed by atoms with Crippen LogP contribution >= 0.6 is 11.3 Å². The summed E-state index contributed by atoms with van der Waals surface area (Å²) in [6.07, 6.45) is 5.75. The van der Waals surface area contributed by atoms with E-state index in [0.29, 0.717) is 10.8 Å². The molecule has 0 aliphatic heterocycles. The van der Waals surface area contributed by atoms with Crippen LogP contribution in [0.5, 0.6) is 0 Å². The lowest BCUT2D eigenvalue weighted by Crippen LogP contribution is -2.09. The van der Waals surface area contributed by atoms with E-state index in [4.69, 9.17) is 0 Å². The van der Waals surface area contributed by atoms with Crippen molar-refractivity contribution in [1.29, 1.82) is 0 Å². The van der Waals surface area contributed by atoms with E-state index in [2.05, 4.69) is 61.9 Å². The molecule has 112 valence electrons. The summed E-state index contributed by atoms with van der Waals surface area (Å²) in [5.74, 6) is 0. The number of thiazole rings is 1. The lowest BCUT2D eigenvalue weighted by Gasteiger charge is -2.15. The molecule has 2 aromatic rings. The molecular weight excluding hydrogens is 266 g/mol. The van der Waals surface area contributed by atoms with Crippen LogP contribution in [0, 0.1) is 10.8 Å². The van der Waals surface area contributed by atoms with Crippen LogP contribution in [0.2, 0.25) is 0 Å². The average Bonchev–Trinajstić information content (AvgIpc) is 2.87. The van der Waals surface area contributed by atoms with Gasteiger partial charge >= 0.3 is 0 Å². The minimum absolute atomic E-state index is 0.354. The smallest absolute Gasteiger partial charge is 0.0921 e. The van der Waals surface area contributed by atoms with Gasteiger partial charge in [-0.3, -0.25) is 0 Å². The number of imidazole rings is 1. The number of nitrogens with one attached hydrogen (secondary N) is 1. The van der Waals surface area contributed by atoms with Crippen LogP contribution in [-0.4, -0.2) is 15.0 Å². The predicted octanol–water partition coefficient (Wildman–Crippen LogP) is 4.73. The zero-order valence-electron chi connectivity index (χ0n) is 13.5. The second kappa shape index (κ2) is 7.02. The summed E-state index contributed by atoms with van der Waals surface area (Å²) in [7, 11) is 0. The fourth-order valence-corrected chi connectivity index (χ4v) is 2.38. The number of hydrogen-bond donors (Lipinski definition) is 1. The topological polar surface area (TPSA) is 41.6 Å². The minimum atomic E-state index is 0.354. The molecule has 0 aromatic carbocycles. The fourth-order valence-electron chi connectivity index (χ4n) is 1.82. The molecule has 0 aliphatic carbocycles. The van der Waals surface area contributed by atoms with Gasteiger partial charge in [0.15, 0.2) is 0 Å². The lowest BCUT2D eigenvalue weighted by atomic mass is 9.91. The van der Waals surface area contributed by atoms with E-state index in [1.54, 1.807) is 17.7 Å². The van der Waals surface area contributed by atoms with Gasteiger partial charge in [0.1, 0.15) is 0 Å². The Kier molecular flexibility index (Phi) is 5.93. The monoisotopic (exact) mass is 293 g/mol. The maximum Gasteiger partial charge on any atom is 0.0921 e. The number of aromatic nitrogens is 3. The van der Waals surface area contributed by atoms with Gasteiger partial charge < -0.3 is 4.98 Å². The van der Waals surface area contributed by atoms with Crippen LogP contribution in [0.25, 0.3) is 0 Å². The highest BCUT2D eigenvalue weighted by Gasteiger charge is 2.12. The molecule has 0 saturated heterocycles. The summed E-state index contributed by atoms with van der Waals surface area (Å²) >= 11 is 1.67. The Morgan fingerprint density at radius 1 is 1.05 bits per heavy atom. The van der Waals surface area contributed by atoms with Crippen molar-refractivity contribution in [1.82, 2.24) is 15.0 Å². The van der Waals surface area contributed by atoms with Crippen molar-refractivity contribution < 1.29 is 0 Å². The summed E-state index contributed by atoms with van der Waals surface area (Å²) < 4.78 is 0. The summed E-state index contributed by atoms with van der Waals surface area (Å²) in [4.78, 5) is 11.3. The standard InChI is InChI=1S/C8H14N2.C8H13NS/c1-8(2,3)4-7-5-9-6-10-7;1-8(2,3)4-7-5-10-6-9-7/h5-6H,4H2,1-3H3,(H,9,10);5-6H,4H2,1-3H3. The highest BCUT2D eigenvalue weighted by Crippen LogP contribution is 2.20. The van der Waals surface area contributed by atoms with Crippen LogP contribution in [0.1, 0.15) is 52.9 Å². The van der Waals surface area contributed by atoms with Gasteiger partial charge in [0.05, 0.1) is 17.5 Å². The number of aromatic amines is 1. The van der Waals surface area contributed by atoms with Gasteiger partial charge in [0, 0.05) is 17.3 Å². The molecule has 0 aliphatic rings. The van der Waals surface area contributed by atoms with E-state index in [-0.39, 0.29) is 0 Å². The second-order valence-electron chi connectivity index (χ2n) is 7.53. The van der Waals surface area contributed by atoms with Crippen molar-refractivity contribution in [2.75, 3.05) is 0 Å². The van der Waals surface area contributed by atoms with Gasteiger partial charge in [-0.15, -0.1) is 11.3 Å². The molecule has 2 heterocycles. The van der Waals surface area contributed by atoms with Gasteiger partial charge in [0.2, 0.25) is 0 Å². The van der Waals surface area contributed by atoms with E-state index in [1.165, 1.54) is 11.4 Å². The largest absolute Gasteiger partial charge is 0.348 e. The Morgan fingerprint density at radius 2 is 1.70 bits per heavy atom. The molecule has 2 aromatic heterocycles. The van der Waals surface area contributed by atoms with Crippen LogP contribution in [0.15, 0.2) is 23.4 Å². The molecule has 0 fully saturated rings. The van der Waals surface area contributed by atoms with E-state index in [0.717, 1.165) is 12.8 Å². The van der Waals surface area contributed by atoms with E-state index < -0.39 is 0 Å². The fraction of sp³-hybridized carbons (Fsp3) is 0.625. The molecule has 4 heteroatoms. The second-order valence-corrected chi connectivity index (χ2v) is 8.25. The summed E-state index contributed by atoms with van der Waals surface area (Å²) in [5, 5.41) is 2.12. The van der Waals surface area contributed by atoms with Gasteiger partial charge in [-0.05, 0) is 23.7 Å². The molecule has 0 amide bonds. The molecule has 3 nitrogen and oxygen atoms in total. The zero-order chi connectivity index (χ0) is 15.2. The Morgan fingerprint density at radius 3 is 2.10 bits per heavy atom. The Bertz CT molecular complexity index is 413. The number of H-pyrrole nitrogens is 1. The van der Waals surface area contributed by atoms with Crippen molar-refractivity contribution >= 4 is 11.3 Å². The van der Waals surface area contributed by atoms with Crippen molar-refractivity contribution in [2.24, 2.45) is 10.8 Å². The van der Waals surface area contributed by atoms with E-state index in [1.807, 2.05) is 11.7 Å².